The quantitative estimate of drug-likeness (QED) is 0.609. The summed E-state index contributed by atoms with van der Waals surface area (Å²) in [6.07, 6.45) is 0.192. The van der Waals surface area contributed by atoms with Gasteiger partial charge in [-0.15, -0.1) is 0 Å². The lowest BCUT2D eigenvalue weighted by Crippen LogP contribution is -2.13. The van der Waals surface area contributed by atoms with Gasteiger partial charge < -0.3 is 10.4 Å². The van der Waals surface area contributed by atoms with Gasteiger partial charge in [0.05, 0.1) is 5.02 Å². The van der Waals surface area contributed by atoms with Crippen molar-refractivity contribution in [3.05, 3.63) is 34.4 Å². The summed E-state index contributed by atoms with van der Waals surface area (Å²) >= 11 is 5.42. The minimum atomic E-state index is -0.660. The van der Waals surface area contributed by atoms with E-state index in [0.29, 0.717) is 6.54 Å². The number of carboxylic acid groups (broad SMARTS) is 1. The van der Waals surface area contributed by atoms with E-state index in [2.05, 4.69) is 5.32 Å². The number of hydrogen-bond acceptors (Lipinski definition) is 2. The third-order valence-electron chi connectivity index (χ3n) is 2.46. The molecule has 2 N–H and O–H groups in total. The van der Waals surface area contributed by atoms with E-state index in [4.69, 9.17) is 21.5 Å². The third kappa shape index (κ3) is 3.40. The molecule has 4 nitrogen and oxygen atoms in total. The predicted octanol–water partition coefficient (Wildman–Crippen LogP) is 1.92. The molecule has 0 bridgehead atoms. The Morgan fingerprint density at radius 2 is 2.00 bits per heavy atom. The fourth-order valence-electron chi connectivity index (χ4n) is 1.68. The second-order valence-electron chi connectivity index (χ2n) is 3.60. The average Bonchev–Trinajstić information content (AvgIpc) is 2.71. The van der Waals surface area contributed by atoms with Gasteiger partial charge in [-0.3, -0.25) is 9.59 Å². The maximum atomic E-state index is 13.4. The van der Waals surface area contributed by atoms with Crippen molar-refractivity contribution in [3.8, 4) is 0 Å². The summed E-state index contributed by atoms with van der Waals surface area (Å²) in [5.74, 6) is -1.67. The van der Waals surface area contributed by atoms with Crippen molar-refractivity contribution in [2.75, 3.05) is 6.54 Å². The number of hydrogen-bond donors (Lipinski definition) is 2. The second kappa shape index (κ2) is 6.30. The fraction of sp³-hybridized carbons (Fsp3) is 0.273. The van der Waals surface area contributed by atoms with Crippen molar-refractivity contribution in [2.45, 2.75) is 12.3 Å². The number of carbonyl (C=O) groups is 2. The predicted molar refractivity (Wildman–Crippen MR) is 60.4 cm³/mol. The lowest BCUT2D eigenvalue weighted by molar-refractivity contribution is -0.123. The minimum Gasteiger partial charge on any atom is -0.483 e. The van der Waals surface area contributed by atoms with E-state index < -0.39 is 11.6 Å². The summed E-state index contributed by atoms with van der Waals surface area (Å²) in [6, 6.07) is 2.00. The zero-order chi connectivity index (χ0) is 13.7. The Labute approximate surface area is 107 Å². The molecule has 1 aromatic carbocycles. The summed E-state index contributed by atoms with van der Waals surface area (Å²) in [7, 11) is 0. The molecule has 0 aliphatic carbocycles. The van der Waals surface area contributed by atoms with Crippen molar-refractivity contribution < 1.29 is 23.5 Å². The van der Waals surface area contributed by atoms with E-state index in [9.17, 15) is 13.6 Å². The molecule has 2 rings (SSSR count). The average molecular weight is 278 g/mol. The fourth-order valence-corrected chi connectivity index (χ4v) is 1.83. The van der Waals surface area contributed by atoms with E-state index in [0.717, 1.165) is 12.1 Å². The molecule has 1 aliphatic rings. The summed E-state index contributed by atoms with van der Waals surface area (Å²) in [5.41, 5.74) is 0.204. The molecule has 0 radical (unpaired) electrons. The van der Waals surface area contributed by atoms with Gasteiger partial charge in [-0.25, -0.2) is 8.78 Å². The van der Waals surface area contributed by atoms with Crippen molar-refractivity contribution in [3.63, 3.8) is 0 Å². The smallest absolute Gasteiger partial charge is 0.290 e. The molecule has 0 unspecified atom stereocenters. The van der Waals surface area contributed by atoms with Crippen LogP contribution in [0.25, 0.3) is 0 Å². The maximum Gasteiger partial charge on any atom is 0.290 e. The lowest BCUT2D eigenvalue weighted by Gasteiger charge is -2.09. The minimum absolute atomic E-state index is 0.144. The molecule has 98 valence electrons. The molecule has 1 fully saturated rings. The van der Waals surface area contributed by atoms with E-state index in [1.165, 1.54) is 0 Å². The van der Waals surface area contributed by atoms with E-state index in [1.807, 2.05) is 0 Å². The van der Waals surface area contributed by atoms with Crippen LogP contribution in [0.15, 0.2) is 12.1 Å². The molecule has 0 aromatic heterocycles. The Balaban J connectivity index is 0.000000492. The highest BCUT2D eigenvalue weighted by atomic mass is 35.5. The van der Waals surface area contributed by atoms with Crippen molar-refractivity contribution in [2.24, 2.45) is 0 Å². The summed E-state index contributed by atoms with van der Waals surface area (Å²) < 4.78 is 26.5. The van der Waals surface area contributed by atoms with Gasteiger partial charge >= 0.3 is 0 Å². The topological polar surface area (TPSA) is 66.4 Å². The zero-order valence-electron chi connectivity index (χ0n) is 9.12. The Bertz CT molecular complexity index is 468. The van der Waals surface area contributed by atoms with Crippen molar-refractivity contribution >= 4 is 24.0 Å². The molecule has 0 spiro atoms. The van der Waals surface area contributed by atoms with Crippen molar-refractivity contribution in [1.82, 2.24) is 5.32 Å². The van der Waals surface area contributed by atoms with Gasteiger partial charge in [0.25, 0.3) is 6.47 Å². The van der Waals surface area contributed by atoms with Crippen LogP contribution in [0.1, 0.15) is 17.9 Å². The van der Waals surface area contributed by atoms with Crippen molar-refractivity contribution in [1.29, 1.82) is 0 Å². The molecule has 1 aliphatic heterocycles. The maximum absolute atomic E-state index is 13.4. The first-order valence-corrected chi connectivity index (χ1v) is 5.36. The number of amides is 1. The molecule has 1 amide bonds. The molecular weight excluding hydrogens is 268 g/mol. The van der Waals surface area contributed by atoms with Crippen LogP contribution in [0.3, 0.4) is 0 Å². The second-order valence-corrected chi connectivity index (χ2v) is 4.01. The largest absolute Gasteiger partial charge is 0.483 e. The van der Waals surface area contributed by atoms with Crippen LogP contribution in [0.2, 0.25) is 5.02 Å². The Kier molecular flexibility index (Phi) is 5.03. The highest BCUT2D eigenvalue weighted by molar-refractivity contribution is 6.30. The van der Waals surface area contributed by atoms with Gasteiger partial charge in [0.15, 0.2) is 0 Å². The first kappa shape index (κ1) is 14.4. The molecule has 7 heteroatoms. The van der Waals surface area contributed by atoms with Crippen LogP contribution in [0.5, 0.6) is 0 Å². The van der Waals surface area contributed by atoms with Gasteiger partial charge in [-0.2, -0.15) is 0 Å². The van der Waals surface area contributed by atoms with Crippen LogP contribution in [0.4, 0.5) is 8.78 Å². The van der Waals surface area contributed by atoms with E-state index in [1.54, 1.807) is 0 Å². The SMILES string of the molecule is O=C1C[C@H](c2cc(F)c(Cl)cc2F)CN1.O=CO. The van der Waals surface area contributed by atoms with Gasteiger partial charge in [0.1, 0.15) is 11.6 Å². The number of nitrogens with one attached hydrogen (secondary N) is 1. The van der Waals surface area contributed by atoms with Crippen LogP contribution in [-0.4, -0.2) is 24.0 Å². The lowest BCUT2D eigenvalue weighted by atomic mass is 9.97. The highest BCUT2D eigenvalue weighted by Gasteiger charge is 2.26. The van der Waals surface area contributed by atoms with E-state index >= 15 is 0 Å². The Morgan fingerprint density at radius 3 is 2.50 bits per heavy atom. The van der Waals surface area contributed by atoms with E-state index in [-0.39, 0.29) is 35.3 Å². The van der Waals surface area contributed by atoms with Gasteiger partial charge in [-0.05, 0) is 17.7 Å². The van der Waals surface area contributed by atoms with Gasteiger partial charge in [0, 0.05) is 18.9 Å². The standard InChI is InChI=1S/C10H8ClF2NO.CH2O2/c11-7-3-8(12)6(2-9(7)13)5-1-10(15)14-4-5;2-1-3/h2-3,5H,1,4H2,(H,14,15);1H,(H,2,3)/t5-;/m0./s1. The monoisotopic (exact) mass is 277 g/mol. The molecule has 18 heavy (non-hydrogen) atoms. The number of carbonyl (C=O) groups excluding carboxylic acids is 1. The number of halogens is 3. The summed E-state index contributed by atoms with van der Waals surface area (Å²) in [6.45, 7) is 0.0941. The molecule has 1 heterocycles. The van der Waals surface area contributed by atoms with Crippen LogP contribution in [-0.2, 0) is 9.59 Å². The summed E-state index contributed by atoms with van der Waals surface area (Å²) in [5, 5.41) is 9.22. The Morgan fingerprint density at radius 1 is 1.39 bits per heavy atom. The molecule has 1 saturated heterocycles. The van der Waals surface area contributed by atoms with Crippen LogP contribution in [0, 0.1) is 11.6 Å². The normalized spacial score (nSPS) is 17.7. The third-order valence-corrected chi connectivity index (χ3v) is 2.75. The molecule has 0 saturated carbocycles. The first-order valence-electron chi connectivity index (χ1n) is 4.98. The molecule has 1 atom stereocenters. The zero-order valence-corrected chi connectivity index (χ0v) is 9.88. The van der Waals surface area contributed by atoms with Gasteiger partial charge in [0.2, 0.25) is 5.91 Å². The number of benzene rings is 1. The van der Waals surface area contributed by atoms with Gasteiger partial charge in [-0.1, -0.05) is 11.6 Å². The highest BCUT2D eigenvalue weighted by Crippen LogP contribution is 2.28. The molecule has 1 aromatic rings. The van der Waals surface area contributed by atoms with Crippen LogP contribution < -0.4 is 5.32 Å². The number of rotatable bonds is 1. The summed E-state index contributed by atoms with van der Waals surface area (Å²) in [4.78, 5) is 19.3. The Hall–Kier alpha value is -1.69. The first-order chi connectivity index (χ1) is 8.49. The molecular formula is C11H10ClF2NO3. The van der Waals surface area contributed by atoms with Crippen LogP contribution >= 0.6 is 11.6 Å².